The maximum atomic E-state index is 13.7. The summed E-state index contributed by atoms with van der Waals surface area (Å²) in [6.07, 6.45) is 2.52. The molecular formula is C16H16F2N4O4. The molecule has 2 amide bonds. The summed E-state index contributed by atoms with van der Waals surface area (Å²) in [7, 11) is 0. The van der Waals surface area contributed by atoms with Crippen LogP contribution in [0, 0.1) is 11.6 Å². The zero-order valence-electron chi connectivity index (χ0n) is 13.4. The standard InChI is InChI=1S/C16H16F2N4O4/c17-8-1-2-10(9(18)5-8)20-16(24)21-12-11-6-25-15(26-11)13(14(12)23)22-4-3-19-7-22/h1-5,7,11-15,23H,6H2,(H2,20,21,24). The summed E-state index contributed by atoms with van der Waals surface area (Å²) in [5.41, 5.74) is -0.179. The van der Waals surface area contributed by atoms with Gasteiger partial charge < -0.3 is 29.8 Å². The fourth-order valence-corrected chi connectivity index (χ4v) is 3.24. The lowest BCUT2D eigenvalue weighted by Crippen LogP contribution is -2.59. The lowest BCUT2D eigenvalue weighted by Gasteiger charge is -2.38. The molecule has 26 heavy (non-hydrogen) atoms. The monoisotopic (exact) mass is 366 g/mol. The molecule has 8 nitrogen and oxygen atoms in total. The molecule has 3 N–H and O–H groups in total. The molecule has 2 bridgehead atoms. The fraction of sp³-hybridized carbons (Fsp3) is 0.375. The third-order valence-electron chi connectivity index (χ3n) is 4.48. The van der Waals surface area contributed by atoms with Gasteiger partial charge in [-0.1, -0.05) is 0 Å². The van der Waals surface area contributed by atoms with E-state index in [-0.39, 0.29) is 12.3 Å². The van der Waals surface area contributed by atoms with Gasteiger partial charge in [0.25, 0.3) is 0 Å². The van der Waals surface area contributed by atoms with Gasteiger partial charge >= 0.3 is 6.03 Å². The number of aromatic nitrogens is 2. The Morgan fingerprint density at radius 2 is 2.23 bits per heavy atom. The topological polar surface area (TPSA) is 97.6 Å². The number of nitrogens with one attached hydrogen (secondary N) is 2. The summed E-state index contributed by atoms with van der Waals surface area (Å²) < 4.78 is 39.5. The number of fused-ring (bicyclic) bond motifs is 2. The van der Waals surface area contributed by atoms with Crippen LogP contribution in [0.3, 0.4) is 0 Å². The quantitative estimate of drug-likeness (QED) is 0.753. The van der Waals surface area contributed by atoms with Crippen LogP contribution in [0.15, 0.2) is 36.9 Å². The molecule has 0 radical (unpaired) electrons. The molecule has 2 aliphatic rings. The molecule has 2 saturated heterocycles. The van der Waals surface area contributed by atoms with Crippen LogP contribution in [0.5, 0.6) is 0 Å². The molecule has 0 saturated carbocycles. The lowest BCUT2D eigenvalue weighted by molar-refractivity contribution is -0.163. The Hall–Kier alpha value is -2.56. The van der Waals surface area contributed by atoms with Gasteiger partial charge in [0.15, 0.2) is 6.29 Å². The van der Waals surface area contributed by atoms with Gasteiger partial charge in [-0.2, -0.15) is 0 Å². The lowest BCUT2D eigenvalue weighted by atomic mass is 9.96. The summed E-state index contributed by atoms with van der Waals surface area (Å²) in [5, 5.41) is 15.6. The van der Waals surface area contributed by atoms with Crippen molar-refractivity contribution in [3.05, 3.63) is 48.6 Å². The van der Waals surface area contributed by atoms with Crippen molar-refractivity contribution in [3.63, 3.8) is 0 Å². The number of hydrogen-bond donors (Lipinski definition) is 3. The highest BCUT2D eigenvalue weighted by Crippen LogP contribution is 2.35. The molecule has 2 aliphatic heterocycles. The van der Waals surface area contributed by atoms with Crippen molar-refractivity contribution in [2.24, 2.45) is 0 Å². The number of urea groups is 1. The van der Waals surface area contributed by atoms with E-state index in [9.17, 15) is 18.7 Å². The molecular weight excluding hydrogens is 350 g/mol. The van der Waals surface area contributed by atoms with Crippen LogP contribution in [0.2, 0.25) is 0 Å². The van der Waals surface area contributed by atoms with Crippen molar-refractivity contribution in [2.75, 3.05) is 11.9 Å². The maximum absolute atomic E-state index is 13.7. The van der Waals surface area contributed by atoms with Crippen LogP contribution in [-0.4, -0.2) is 51.8 Å². The molecule has 3 heterocycles. The molecule has 5 atom stereocenters. The highest BCUT2D eigenvalue weighted by Gasteiger charge is 2.51. The predicted molar refractivity (Wildman–Crippen MR) is 84.2 cm³/mol. The number of aliphatic hydroxyl groups is 1. The van der Waals surface area contributed by atoms with Crippen LogP contribution in [0.4, 0.5) is 19.3 Å². The van der Waals surface area contributed by atoms with Crippen molar-refractivity contribution >= 4 is 11.7 Å². The highest BCUT2D eigenvalue weighted by molar-refractivity contribution is 5.89. The van der Waals surface area contributed by atoms with Crippen molar-refractivity contribution in [3.8, 4) is 0 Å². The van der Waals surface area contributed by atoms with Gasteiger partial charge in [-0.15, -0.1) is 0 Å². The summed E-state index contributed by atoms with van der Waals surface area (Å²) in [6.45, 7) is 0.197. The Balaban J connectivity index is 1.49. The number of imidazole rings is 1. The van der Waals surface area contributed by atoms with Gasteiger partial charge in [0.2, 0.25) is 0 Å². The van der Waals surface area contributed by atoms with Gasteiger partial charge in [0.05, 0.1) is 24.7 Å². The SMILES string of the molecule is O=C(Nc1ccc(F)cc1F)NC1C2COC(O2)C(n2ccnc2)C1O. The summed E-state index contributed by atoms with van der Waals surface area (Å²) in [4.78, 5) is 16.2. The molecule has 0 spiro atoms. The van der Waals surface area contributed by atoms with Crippen LogP contribution in [0.25, 0.3) is 0 Å². The van der Waals surface area contributed by atoms with E-state index in [0.29, 0.717) is 6.07 Å². The molecule has 4 rings (SSSR count). The number of aliphatic hydroxyl groups excluding tert-OH is 1. The maximum Gasteiger partial charge on any atom is 0.319 e. The molecule has 2 fully saturated rings. The first kappa shape index (κ1) is 16.9. The normalized spacial score (nSPS) is 30.2. The number of benzene rings is 1. The summed E-state index contributed by atoms with van der Waals surface area (Å²) in [6, 6.07) is 0.674. The van der Waals surface area contributed by atoms with Crippen molar-refractivity contribution in [1.29, 1.82) is 0 Å². The minimum Gasteiger partial charge on any atom is -0.388 e. The van der Waals surface area contributed by atoms with E-state index in [1.165, 1.54) is 6.33 Å². The zero-order chi connectivity index (χ0) is 18.3. The second kappa shape index (κ2) is 6.63. The number of carbonyl (C=O) groups excluding carboxylic acids is 1. The van der Waals surface area contributed by atoms with Gasteiger partial charge in [-0.25, -0.2) is 18.6 Å². The van der Waals surface area contributed by atoms with E-state index in [4.69, 9.17) is 9.47 Å². The molecule has 0 aliphatic carbocycles. The number of rotatable bonds is 3. The molecule has 2 aromatic rings. The Morgan fingerprint density at radius 3 is 2.96 bits per heavy atom. The number of hydrogen-bond acceptors (Lipinski definition) is 5. The van der Waals surface area contributed by atoms with Crippen LogP contribution in [0.1, 0.15) is 6.04 Å². The van der Waals surface area contributed by atoms with Gasteiger partial charge in [0, 0.05) is 18.5 Å². The molecule has 5 unspecified atom stereocenters. The van der Waals surface area contributed by atoms with Crippen LogP contribution < -0.4 is 10.6 Å². The van der Waals surface area contributed by atoms with E-state index < -0.39 is 48.2 Å². The number of nitrogens with zero attached hydrogens (tertiary/aromatic N) is 2. The van der Waals surface area contributed by atoms with Crippen LogP contribution >= 0.6 is 0 Å². The number of carbonyl (C=O) groups is 1. The Labute approximate surface area is 146 Å². The van der Waals surface area contributed by atoms with E-state index in [0.717, 1.165) is 12.1 Å². The zero-order valence-corrected chi connectivity index (χ0v) is 13.4. The number of amides is 2. The Bertz CT molecular complexity index is 804. The van der Waals surface area contributed by atoms with Gasteiger partial charge in [-0.05, 0) is 12.1 Å². The Morgan fingerprint density at radius 1 is 1.38 bits per heavy atom. The third kappa shape index (κ3) is 3.02. The predicted octanol–water partition coefficient (Wildman–Crippen LogP) is 1.01. The van der Waals surface area contributed by atoms with Crippen molar-refractivity contribution in [1.82, 2.24) is 14.9 Å². The fourth-order valence-electron chi connectivity index (χ4n) is 3.24. The summed E-state index contributed by atoms with van der Waals surface area (Å²) in [5.74, 6) is -1.65. The highest BCUT2D eigenvalue weighted by atomic mass is 19.1. The minimum absolute atomic E-state index is 0.179. The van der Waals surface area contributed by atoms with E-state index in [2.05, 4.69) is 15.6 Å². The smallest absolute Gasteiger partial charge is 0.319 e. The minimum atomic E-state index is -1.01. The Kier molecular flexibility index (Phi) is 4.31. The average molecular weight is 366 g/mol. The van der Waals surface area contributed by atoms with E-state index in [1.807, 2.05) is 0 Å². The van der Waals surface area contributed by atoms with E-state index >= 15 is 0 Å². The van der Waals surface area contributed by atoms with Gasteiger partial charge in [0.1, 0.15) is 29.9 Å². The van der Waals surface area contributed by atoms with Crippen molar-refractivity contribution in [2.45, 2.75) is 30.6 Å². The molecule has 1 aromatic carbocycles. The van der Waals surface area contributed by atoms with Crippen molar-refractivity contribution < 1.29 is 28.2 Å². The number of halogens is 2. The number of anilines is 1. The first-order chi connectivity index (χ1) is 12.5. The van der Waals surface area contributed by atoms with Crippen LogP contribution in [-0.2, 0) is 9.47 Å². The molecule has 1 aromatic heterocycles. The van der Waals surface area contributed by atoms with E-state index in [1.54, 1.807) is 17.0 Å². The third-order valence-corrected chi connectivity index (χ3v) is 4.48. The van der Waals surface area contributed by atoms with Gasteiger partial charge in [-0.3, -0.25) is 0 Å². The average Bonchev–Trinajstić information content (AvgIpc) is 3.26. The largest absolute Gasteiger partial charge is 0.388 e. The second-order valence-corrected chi connectivity index (χ2v) is 6.12. The second-order valence-electron chi connectivity index (χ2n) is 6.12. The first-order valence-electron chi connectivity index (χ1n) is 7.98. The summed E-state index contributed by atoms with van der Waals surface area (Å²) >= 11 is 0. The number of ether oxygens (including phenoxy) is 2. The molecule has 10 heteroatoms. The first-order valence-corrected chi connectivity index (χ1v) is 7.98. The molecule has 138 valence electrons.